The van der Waals surface area contributed by atoms with Crippen molar-refractivity contribution in [2.45, 2.75) is 45.6 Å². The van der Waals surface area contributed by atoms with Gasteiger partial charge in [-0.05, 0) is 44.5 Å². The molecule has 0 amide bonds. The molecule has 0 saturated carbocycles. The fourth-order valence-electron chi connectivity index (χ4n) is 1.75. The Bertz CT molecular complexity index is 517. The molecule has 5 heteroatoms. The van der Waals surface area contributed by atoms with Gasteiger partial charge < -0.3 is 9.47 Å². The average Bonchev–Trinajstić information content (AvgIpc) is 2.37. The van der Waals surface area contributed by atoms with E-state index in [0.29, 0.717) is 5.75 Å². The van der Waals surface area contributed by atoms with Crippen LogP contribution >= 0.6 is 0 Å². The lowest BCUT2D eigenvalue weighted by atomic mass is 10.0. The summed E-state index contributed by atoms with van der Waals surface area (Å²) in [6.07, 6.45) is -0.0287. The zero-order valence-electron chi connectivity index (χ0n) is 12.9. The molecule has 0 aliphatic rings. The molecular weight excluding hydrogens is 275 g/mol. The molecule has 0 spiro atoms. The molecule has 1 rings (SSSR count). The molecule has 1 aromatic carbocycles. The van der Waals surface area contributed by atoms with Crippen molar-refractivity contribution in [1.29, 1.82) is 0 Å². The predicted molar refractivity (Wildman–Crippen MR) is 76.7 cm³/mol. The van der Waals surface area contributed by atoms with Crippen LogP contribution in [0.4, 0.5) is 4.39 Å². The lowest BCUT2D eigenvalue weighted by molar-refractivity contribution is -0.155. The second-order valence-electron chi connectivity index (χ2n) is 5.76. The zero-order chi connectivity index (χ0) is 16.0. The predicted octanol–water partition coefficient (Wildman–Crippen LogP) is 3.07. The molecule has 0 aromatic heterocycles. The molecule has 0 bridgehead atoms. The first-order valence-corrected chi connectivity index (χ1v) is 6.77. The van der Waals surface area contributed by atoms with Gasteiger partial charge in [-0.1, -0.05) is 0 Å². The van der Waals surface area contributed by atoms with E-state index in [0.717, 1.165) is 0 Å². The number of ether oxygens (including phenoxy) is 2. The molecule has 21 heavy (non-hydrogen) atoms. The van der Waals surface area contributed by atoms with Crippen molar-refractivity contribution in [3.05, 3.63) is 29.6 Å². The Morgan fingerprint density at radius 2 is 1.86 bits per heavy atom. The van der Waals surface area contributed by atoms with Crippen molar-refractivity contribution in [1.82, 2.24) is 0 Å². The Kier molecular flexibility index (Phi) is 5.88. The molecule has 0 atom stereocenters. The van der Waals surface area contributed by atoms with E-state index in [1.807, 2.05) is 0 Å². The molecule has 1 aromatic rings. The third-order valence-corrected chi connectivity index (χ3v) is 2.67. The molecule has 116 valence electrons. The van der Waals surface area contributed by atoms with Gasteiger partial charge in [-0.3, -0.25) is 9.59 Å². The second-order valence-corrected chi connectivity index (χ2v) is 5.76. The molecule has 0 aliphatic heterocycles. The van der Waals surface area contributed by atoms with Crippen LogP contribution in [-0.2, 0) is 20.7 Å². The van der Waals surface area contributed by atoms with E-state index in [2.05, 4.69) is 0 Å². The Morgan fingerprint density at radius 3 is 2.43 bits per heavy atom. The van der Waals surface area contributed by atoms with Gasteiger partial charge in [0.15, 0.2) is 0 Å². The van der Waals surface area contributed by atoms with Crippen LogP contribution < -0.4 is 4.74 Å². The molecule has 0 unspecified atom stereocenters. The number of carbonyl (C=O) groups is 2. The van der Waals surface area contributed by atoms with E-state index in [1.54, 1.807) is 20.8 Å². The molecular formula is C16H21FO4. The Morgan fingerprint density at radius 1 is 1.19 bits per heavy atom. The van der Waals surface area contributed by atoms with Gasteiger partial charge in [0.05, 0.1) is 13.5 Å². The number of Topliss-reactive ketones (excluding diaryl/α,β-unsaturated/α-hetero) is 1. The van der Waals surface area contributed by atoms with Crippen LogP contribution in [0.5, 0.6) is 5.75 Å². The normalized spacial score (nSPS) is 11.1. The minimum absolute atomic E-state index is 0.00168. The summed E-state index contributed by atoms with van der Waals surface area (Å²) in [6.45, 7) is 5.29. The standard InChI is InChI=1S/C16H21FO4/c1-16(2,3)21-15(19)8-5-12(18)9-11-10-13(20-4)6-7-14(11)17/h6-7,10H,5,8-9H2,1-4H3. The zero-order valence-corrected chi connectivity index (χ0v) is 12.9. The van der Waals surface area contributed by atoms with Crippen molar-refractivity contribution in [3.8, 4) is 5.75 Å². The maximum absolute atomic E-state index is 13.6. The number of ketones is 1. The van der Waals surface area contributed by atoms with E-state index in [4.69, 9.17) is 9.47 Å². The van der Waals surface area contributed by atoms with Gasteiger partial charge >= 0.3 is 5.97 Å². The maximum Gasteiger partial charge on any atom is 0.306 e. The highest BCUT2D eigenvalue weighted by molar-refractivity contribution is 5.84. The highest BCUT2D eigenvalue weighted by Gasteiger charge is 2.17. The summed E-state index contributed by atoms with van der Waals surface area (Å²) >= 11 is 0. The largest absolute Gasteiger partial charge is 0.497 e. The highest BCUT2D eigenvalue weighted by atomic mass is 19.1. The Balaban J connectivity index is 2.53. The first-order valence-electron chi connectivity index (χ1n) is 6.77. The number of hydrogen-bond acceptors (Lipinski definition) is 4. The molecule has 4 nitrogen and oxygen atoms in total. The molecule has 0 saturated heterocycles. The molecule has 0 N–H and O–H groups in total. The summed E-state index contributed by atoms with van der Waals surface area (Å²) in [4.78, 5) is 23.3. The van der Waals surface area contributed by atoms with E-state index in [-0.39, 0.29) is 30.6 Å². The van der Waals surface area contributed by atoms with Crippen LogP contribution in [0.3, 0.4) is 0 Å². The van der Waals surface area contributed by atoms with Gasteiger partial charge in [-0.2, -0.15) is 0 Å². The first kappa shape index (κ1) is 17.1. The van der Waals surface area contributed by atoms with E-state index in [1.165, 1.54) is 25.3 Å². The molecule has 0 aliphatic carbocycles. The number of benzene rings is 1. The van der Waals surface area contributed by atoms with Gasteiger partial charge in [0.2, 0.25) is 0 Å². The van der Waals surface area contributed by atoms with Crippen LogP contribution in [0.1, 0.15) is 39.2 Å². The van der Waals surface area contributed by atoms with Crippen LogP contribution in [-0.4, -0.2) is 24.5 Å². The summed E-state index contributed by atoms with van der Waals surface area (Å²) in [7, 11) is 1.47. The number of carbonyl (C=O) groups excluding carboxylic acids is 2. The smallest absolute Gasteiger partial charge is 0.306 e. The molecule has 0 heterocycles. The topological polar surface area (TPSA) is 52.6 Å². The van der Waals surface area contributed by atoms with E-state index >= 15 is 0 Å². The van der Waals surface area contributed by atoms with Crippen molar-refractivity contribution in [2.24, 2.45) is 0 Å². The summed E-state index contributed by atoms with van der Waals surface area (Å²) < 4.78 is 23.7. The highest BCUT2D eigenvalue weighted by Crippen LogP contribution is 2.18. The Hall–Kier alpha value is -1.91. The van der Waals surface area contributed by atoms with Gasteiger partial charge in [0, 0.05) is 12.8 Å². The third-order valence-electron chi connectivity index (χ3n) is 2.67. The van der Waals surface area contributed by atoms with E-state index < -0.39 is 17.4 Å². The molecule has 0 fully saturated rings. The number of esters is 1. The number of halogens is 1. The van der Waals surface area contributed by atoms with Crippen molar-refractivity contribution in [2.75, 3.05) is 7.11 Å². The van der Waals surface area contributed by atoms with Crippen LogP contribution in [0.2, 0.25) is 0 Å². The fraction of sp³-hybridized carbons (Fsp3) is 0.500. The van der Waals surface area contributed by atoms with Crippen LogP contribution in [0.25, 0.3) is 0 Å². The van der Waals surface area contributed by atoms with Gasteiger partial charge in [0.25, 0.3) is 0 Å². The minimum atomic E-state index is -0.570. The van der Waals surface area contributed by atoms with Crippen molar-refractivity contribution >= 4 is 11.8 Å². The summed E-state index contributed by atoms with van der Waals surface area (Å²) in [5, 5.41) is 0. The lowest BCUT2D eigenvalue weighted by Gasteiger charge is -2.19. The maximum atomic E-state index is 13.6. The quantitative estimate of drug-likeness (QED) is 0.757. The van der Waals surface area contributed by atoms with Gasteiger partial charge in [-0.15, -0.1) is 0 Å². The fourth-order valence-corrected chi connectivity index (χ4v) is 1.75. The van der Waals surface area contributed by atoms with Crippen molar-refractivity contribution < 1.29 is 23.5 Å². The summed E-state index contributed by atoms with van der Waals surface area (Å²) in [6, 6.07) is 4.24. The van der Waals surface area contributed by atoms with Crippen LogP contribution in [0, 0.1) is 5.82 Å². The van der Waals surface area contributed by atoms with Crippen molar-refractivity contribution in [3.63, 3.8) is 0 Å². The van der Waals surface area contributed by atoms with Gasteiger partial charge in [-0.25, -0.2) is 4.39 Å². The third kappa shape index (κ3) is 6.38. The summed E-state index contributed by atoms with van der Waals surface area (Å²) in [5.41, 5.74) is -0.303. The lowest BCUT2D eigenvalue weighted by Crippen LogP contribution is -2.24. The number of hydrogen-bond donors (Lipinski definition) is 0. The summed E-state index contributed by atoms with van der Waals surface area (Å²) in [5.74, 6) is -0.609. The average molecular weight is 296 g/mol. The second kappa shape index (κ2) is 7.20. The monoisotopic (exact) mass is 296 g/mol. The Labute approximate surface area is 124 Å². The minimum Gasteiger partial charge on any atom is -0.497 e. The number of rotatable bonds is 6. The first-order chi connectivity index (χ1) is 9.71. The SMILES string of the molecule is COc1ccc(F)c(CC(=O)CCC(=O)OC(C)(C)C)c1. The number of methoxy groups -OCH3 is 1. The van der Waals surface area contributed by atoms with E-state index in [9.17, 15) is 14.0 Å². The van der Waals surface area contributed by atoms with Gasteiger partial charge in [0.1, 0.15) is 23.0 Å². The molecule has 0 radical (unpaired) electrons. The van der Waals surface area contributed by atoms with Crippen LogP contribution in [0.15, 0.2) is 18.2 Å².